The fraction of sp³-hybridized carbons (Fsp3) is 0.0625. The minimum Gasteiger partial charge on any atom is -0.377 e. The molecule has 0 heterocycles. The molecule has 2 aromatic rings. The minimum atomic E-state index is -1.27. The number of carbonyl (C=O) groups excluding carboxylic acids is 1. The Labute approximate surface area is 106 Å². The summed E-state index contributed by atoms with van der Waals surface area (Å²) < 4.78 is 0. The molecule has 0 atom stereocenters. The quantitative estimate of drug-likeness (QED) is 0.656. The highest BCUT2D eigenvalue weighted by atomic mass is 16.3. The van der Waals surface area contributed by atoms with Crippen molar-refractivity contribution in [3.63, 3.8) is 0 Å². The second-order valence-corrected chi connectivity index (χ2v) is 3.99. The predicted octanol–water partition coefficient (Wildman–Crippen LogP) is 2.68. The van der Waals surface area contributed by atoms with Crippen molar-refractivity contribution < 1.29 is 9.90 Å². The molecule has 0 bridgehead atoms. The Balaban J connectivity index is 2.55. The topological polar surface area (TPSA) is 37.3 Å². The molecule has 0 aliphatic carbocycles. The highest BCUT2D eigenvalue weighted by molar-refractivity contribution is 5.65. The van der Waals surface area contributed by atoms with Crippen molar-refractivity contribution in [3.8, 4) is 0 Å². The summed E-state index contributed by atoms with van der Waals surface area (Å²) in [6, 6.07) is 18.6. The first-order chi connectivity index (χ1) is 8.77. The molecule has 0 aromatic heterocycles. The largest absolute Gasteiger partial charge is 0.377 e. The summed E-state index contributed by atoms with van der Waals surface area (Å²) in [5.74, 6) is 0. The van der Waals surface area contributed by atoms with Crippen LogP contribution < -0.4 is 0 Å². The van der Waals surface area contributed by atoms with Crippen LogP contribution in [0.5, 0.6) is 0 Å². The molecule has 0 saturated heterocycles. The molecule has 0 aliphatic rings. The Hall–Kier alpha value is -2.19. The van der Waals surface area contributed by atoms with Crippen molar-refractivity contribution in [1.29, 1.82) is 0 Å². The van der Waals surface area contributed by atoms with Gasteiger partial charge in [-0.25, -0.2) is 0 Å². The summed E-state index contributed by atoms with van der Waals surface area (Å²) in [4.78, 5) is 10.5. The second kappa shape index (κ2) is 5.43. The van der Waals surface area contributed by atoms with E-state index in [1.165, 1.54) is 12.2 Å². The van der Waals surface area contributed by atoms with E-state index in [9.17, 15) is 9.90 Å². The maximum absolute atomic E-state index is 10.8. The molecular formula is C16H14O2. The maximum atomic E-state index is 10.8. The van der Waals surface area contributed by atoms with E-state index in [-0.39, 0.29) is 0 Å². The zero-order chi connectivity index (χ0) is 12.8. The molecule has 2 nitrogen and oxygen atoms in total. The molecule has 2 rings (SSSR count). The third kappa shape index (κ3) is 2.39. The number of aldehydes is 1. The van der Waals surface area contributed by atoms with E-state index in [0.29, 0.717) is 6.29 Å². The smallest absolute Gasteiger partial charge is 0.142 e. The van der Waals surface area contributed by atoms with E-state index in [0.717, 1.165) is 11.1 Å². The standard InChI is InChI=1S/C16H14O2/c17-13-7-12-16(18,14-8-3-1-4-9-14)15-10-5-2-6-11-15/h1-13,18H/b12-7+. The summed E-state index contributed by atoms with van der Waals surface area (Å²) in [6.07, 6.45) is 3.49. The van der Waals surface area contributed by atoms with Gasteiger partial charge in [0.1, 0.15) is 11.9 Å². The third-order valence-corrected chi connectivity index (χ3v) is 2.84. The number of aliphatic hydroxyl groups is 1. The van der Waals surface area contributed by atoms with Crippen LogP contribution in [0, 0.1) is 0 Å². The normalized spacial score (nSPS) is 11.6. The maximum Gasteiger partial charge on any atom is 0.142 e. The molecule has 0 radical (unpaired) electrons. The van der Waals surface area contributed by atoms with Gasteiger partial charge in [-0.3, -0.25) is 4.79 Å². The Morgan fingerprint density at radius 1 is 0.833 bits per heavy atom. The molecule has 18 heavy (non-hydrogen) atoms. The predicted molar refractivity (Wildman–Crippen MR) is 71.1 cm³/mol. The molecule has 0 saturated carbocycles. The first-order valence-electron chi connectivity index (χ1n) is 5.74. The highest BCUT2D eigenvalue weighted by Gasteiger charge is 2.27. The van der Waals surface area contributed by atoms with Crippen molar-refractivity contribution in [3.05, 3.63) is 83.9 Å². The molecule has 0 amide bonds. The summed E-state index contributed by atoms with van der Waals surface area (Å²) >= 11 is 0. The summed E-state index contributed by atoms with van der Waals surface area (Å²) in [5, 5.41) is 10.8. The number of hydrogen-bond donors (Lipinski definition) is 1. The molecule has 0 aliphatic heterocycles. The molecule has 1 N–H and O–H groups in total. The molecule has 2 aromatic carbocycles. The molecular weight excluding hydrogens is 224 g/mol. The summed E-state index contributed by atoms with van der Waals surface area (Å²) in [6.45, 7) is 0. The molecule has 0 fully saturated rings. The van der Waals surface area contributed by atoms with Gasteiger partial charge in [0.2, 0.25) is 0 Å². The van der Waals surface area contributed by atoms with Gasteiger partial charge in [-0.15, -0.1) is 0 Å². The highest BCUT2D eigenvalue weighted by Crippen LogP contribution is 2.30. The fourth-order valence-electron chi connectivity index (χ4n) is 1.92. The SMILES string of the molecule is O=C/C=C/C(O)(c1ccccc1)c1ccccc1. The first-order valence-corrected chi connectivity index (χ1v) is 5.74. The van der Waals surface area contributed by atoms with Crippen molar-refractivity contribution in [2.45, 2.75) is 5.60 Å². The molecule has 0 spiro atoms. The van der Waals surface area contributed by atoms with Crippen LogP contribution in [0.4, 0.5) is 0 Å². The van der Waals surface area contributed by atoms with Gasteiger partial charge in [-0.1, -0.05) is 60.7 Å². The van der Waals surface area contributed by atoms with Crippen LogP contribution in [-0.4, -0.2) is 11.4 Å². The van der Waals surface area contributed by atoms with Crippen molar-refractivity contribution in [2.75, 3.05) is 0 Å². The second-order valence-electron chi connectivity index (χ2n) is 3.99. The fourth-order valence-corrected chi connectivity index (χ4v) is 1.92. The summed E-state index contributed by atoms with van der Waals surface area (Å²) in [7, 11) is 0. The van der Waals surface area contributed by atoms with Gasteiger partial charge >= 0.3 is 0 Å². The minimum absolute atomic E-state index is 0.664. The number of benzene rings is 2. The van der Waals surface area contributed by atoms with Crippen LogP contribution in [-0.2, 0) is 10.4 Å². The first kappa shape index (κ1) is 12.3. The van der Waals surface area contributed by atoms with Gasteiger partial charge < -0.3 is 5.11 Å². The number of carbonyl (C=O) groups is 1. The van der Waals surface area contributed by atoms with E-state index < -0.39 is 5.60 Å². The van der Waals surface area contributed by atoms with Gasteiger partial charge in [0, 0.05) is 0 Å². The molecule has 0 unspecified atom stereocenters. The Kier molecular flexibility index (Phi) is 3.70. The monoisotopic (exact) mass is 238 g/mol. The van der Waals surface area contributed by atoms with E-state index >= 15 is 0 Å². The number of hydrogen-bond acceptors (Lipinski definition) is 2. The van der Waals surface area contributed by atoms with Crippen LogP contribution in [0.1, 0.15) is 11.1 Å². The lowest BCUT2D eigenvalue weighted by Crippen LogP contribution is -2.24. The van der Waals surface area contributed by atoms with Crippen molar-refractivity contribution in [2.24, 2.45) is 0 Å². The zero-order valence-corrected chi connectivity index (χ0v) is 9.86. The average molecular weight is 238 g/mol. The van der Waals surface area contributed by atoms with Crippen LogP contribution in [0.2, 0.25) is 0 Å². The van der Waals surface area contributed by atoms with Gasteiger partial charge in [-0.05, 0) is 23.3 Å². The van der Waals surface area contributed by atoms with Crippen LogP contribution in [0.3, 0.4) is 0 Å². The Morgan fingerprint density at radius 2 is 1.28 bits per heavy atom. The molecule has 90 valence electrons. The van der Waals surface area contributed by atoms with Crippen LogP contribution in [0.25, 0.3) is 0 Å². The average Bonchev–Trinajstić information content (AvgIpc) is 2.46. The van der Waals surface area contributed by atoms with E-state index in [1.54, 1.807) is 0 Å². The van der Waals surface area contributed by atoms with Crippen molar-refractivity contribution in [1.82, 2.24) is 0 Å². The van der Waals surface area contributed by atoms with E-state index in [2.05, 4.69) is 0 Å². The van der Waals surface area contributed by atoms with Crippen molar-refractivity contribution >= 4 is 6.29 Å². The lowest BCUT2D eigenvalue weighted by molar-refractivity contribution is -0.104. The van der Waals surface area contributed by atoms with Crippen LogP contribution >= 0.6 is 0 Å². The lowest BCUT2D eigenvalue weighted by atomic mass is 9.86. The van der Waals surface area contributed by atoms with Gasteiger partial charge in [0.25, 0.3) is 0 Å². The zero-order valence-electron chi connectivity index (χ0n) is 9.86. The Bertz CT molecular complexity index is 490. The Morgan fingerprint density at radius 3 is 1.67 bits per heavy atom. The molecule has 2 heteroatoms. The third-order valence-electron chi connectivity index (χ3n) is 2.84. The van der Waals surface area contributed by atoms with Gasteiger partial charge in [0.05, 0.1) is 0 Å². The van der Waals surface area contributed by atoms with Crippen LogP contribution in [0.15, 0.2) is 72.8 Å². The van der Waals surface area contributed by atoms with Gasteiger partial charge in [0.15, 0.2) is 0 Å². The van der Waals surface area contributed by atoms with Gasteiger partial charge in [-0.2, -0.15) is 0 Å². The lowest BCUT2D eigenvalue weighted by Gasteiger charge is -2.25. The summed E-state index contributed by atoms with van der Waals surface area (Å²) in [5.41, 5.74) is 0.187. The number of rotatable bonds is 4. The number of allylic oxidation sites excluding steroid dienone is 1. The van der Waals surface area contributed by atoms with E-state index in [1.807, 2.05) is 60.7 Å². The van der Waals surface area contributed by atoms with E-state index in [4.69, 9.17) is 0 Å².